The lowest BCUT2D eigenvalue weighted by atomic mass is 9.88. The van der Waals surface area contributed by atoms with Crippen LogP contribution in [-0.2, 0) is 16.1 Å². The van der Waals surface area contributed by atoms with Crippen LogP contribution in [0.3, 0.4) is 0 Å². The van der Waals surface area contributed by atoms with E-state index in [1.807, 2.05) is 73.7 Å². The van der Waals surface area contributed by atoms with Crippen LogP contribution < -0.4 is 5.32 Å². The molecule has 0 aliphatic heterocycles. The molecule has 0 radical (unpaired) electrons. The first kappa shape index (κ1) is 24.7. The van der Waals surface area contributed by atoms with Crippen LogP contribution in [0.4, 0.5) is 0 Å². The molecular formula is C31H36N2O2. The number of benzene rings is 3. The van der Waals surface area contributed by atoms with Gasteiger partial charge in [-0.05, 0) is 36.5 Å². The Kier molecular flexibility index (Phi) is 8.72. The van der Waals surface area contributed by atoms with Gasteiger partial charge in [-0.1, -0.05) is 110 Å². The second-order valence-electron chi connectivity index (χ2n) is 9.60. The molecule has 1 aliphatic carbocycles. The first-order valence-corrected chi connectivity index (χ1v) is 12.9. The first-order valence-electron chi connectivity index (χ1n) is 12.9. The highest BCUT2D eigenvalue weighted by Crippen LogP contribution is 2.29. The summed E-state index contributed by atoms with van der Waals surface area (Å²) < 4.78 is 0. The second-order valence-corrected chi connectivity index (χ2v) is 9.60. The number of hydrogen-bond donors (Lipinski definition) is 1. The molecule has 182 valence electrons. The normalized spacial score (nSPS) is 14.9. The maximum Gasteiger partial charge on any atom is 0.242 e. The summed E-state index contributed by atoms with van der Waals surface area (Å²) in [5, 5.41) is 3.22. The van der Waals surface area contributed by atoms with Crippen molar-refractivity contribution >= 4 is 11.8 Å². The van der Waals surface area contributed by atoms with E-state index in [-0.39, 0.29) is 23.8 Å². The molecule has 3 aromatic rings. The van der Waals surface area contributed by atoms with Crippen molar-refractivity contribution in [1.29, 1.82) is 0 Å². The fourth-order valence-electron chi connectivity index (χ4n) is 5.02. The van der Waals surface area contributed by atoms with Gasteiger partial charge < -0.3 is 10.2 Å². The molecule has 0 bridgehead atoms. The van der Waals surface area contributed by atoms with E-state index in [0.717, 1.165) is 42.4 Å². The molecule has 4 heteroatoms. The quantitative estimate of drug-likeness (QED) is 0.414. The van der Waals surface area contributed by atoms with E-state index in [0.29, 0.717) is 13.0 Å². The summed E-state index contributed by atoms with van der Waals surface area (Å²) in [7, 11) is 0. The lowest BCUT2D eigenvalue weighted by molar-refractivity contribution is -0.141. The van der Waals surface area contributed by atoms with Crippen molar-refractivity contribution in [3.05, 3.63) is 108 Å². The summed E-state index contributed by atoms with van der Waals surface area (Å²) in [6.45, 7) is 2.27. The summed E-state index contributed by atoms with van der Waals surface area (Å²) >= 11 is 0. The van der Waals surface area contributed by atoms with Gasteiger partial charge in [-0.3, -0.25) is 9.59 Å². The van der Waals surface area contributed by atoms with Gasteiger partial charge in [0.2, 0.25) is 11.8 Å². The van der Waals surface area contributed by atoms with Crippen LogP contribution >= 0.6 is 0 Å². The maximum atomic E-state index is 13.9. The van der Waals surface area contributed by atoms with Crippen molar-refractivity contribution < 1.29 is 9.59 Å². The average Bonchev–Trinajstić information content (AvgIpc) is 2.92. The maximum absolute atomic E-state index is 13.9. The van der Waals surface area contributed by atoms with E-state index >= 15 is 0 Å². The predicted octanol–water partition coefficient (Wildman–Crippen LogP) is 6.07. The third-order valence-electron chi connectivity index (χ3n) is 7.10. The molecule has 1 unspecified atom stereocenters. The molecule has 1 N–H and O–H groups in total. The summed E-state index contributed by atoms with van der Waals surface area (Å²) in [4.78, 5) is 28.9. The lowest BCUT2D eigenvalue weighted by Gasteiger charge is -2.32. The van der Waals surface area contributed by atoms with E-state index in [9.17, 15) is 9.59 Å². The van der Waals surface area contributed by atoms with Crippen LogP contribution in [0.15, 0.2) is 91.0 Å². The molecular weight excluding hydrogens is 432 g/mol. The van der Waals surface area contributed by atoms with Crippen molar-refractivity contribution in [3.63, 3.8) is 0 Å². The lowest BCUT2D eigenvalue weighted by Crippen LogP contribution is -2.50. The summed E-state index contributed by atoms with van der Waals surface area (Å²) in [5.74, 6) is -0.146. The molecule has 0 spiro atoms. The number of carbonyl (C=O) groups is 2. The van der Waals surface area contributed by atoms with Gasteiger partial charge in [-0.15, -0.1) is 0 Å². The number of amides is 2. The highest BCUT2D eigenvalue weighted by Gasteiger charge is 2.30. The van der Waals surface area contributed by atoms with Crippen LogP contribution in [0.5, 0.6) is 0 Å². The molecule has 3 aromatic carbocycles. The van der Waals surface area contributed by atoms with Crippen molar-refractivity contribution in [1.82, 2.24) is 10.2 Å². The van der Waals surface area contributed by atoms with Crippen LogP contribution in [0.25, 0.3) is 0 Å². The van der Waals surface area contributed by atoms with E-state index in [2.05, 4.69) is 29.6 Å². The minimum absolute atomic E-state index is 0.0159. The minimum atomic E-state index is -0.545. The first-order chi connectivity index (χ1) is 17.1. The average molecular weight is 469 g/mol. The van der Waals surface area contributed by atoms with Crippen molar-refractivity contribution in [2.45, 2.75) is 70.0 Å². The SMILES string of the molecule is CC(C(=O)NC1CCCCC1)N(Cc1ccccc1)C(=O)CC(c1ccccc1)c1ccccc1. The Morgan fingerprint density at radius 3 is 1.86 bits per heavy atom. The van der Waals surface area contributed by atoms with Gasteiger partial charge in [0.15, 0.2) is 0 Å². The molecule has 4 rings (SSSR count). The Balaban J connectivity index is 1.57. The summed E-state index contributed by atoms with van der Waals surface area (Å²) in [5.41, 5.74) is 3.23. The zero-order valence-electron chi connectivity index (χ0n) is 20.6. The molecule has 2 amide bonds. The molecule has 0 heterocycles. The van der Waals surface area contributed by atoms with Gasteiger partial charge in [-0.25, -0.2) is 0 Å². The Bertz CT molecular complexity index is 1020. The van der Waals surface area contributed by atoms with Gasteiger partial charge in [0.05, 0.1) is 0 Å². The molecule has 1 fully saturated rings. The van der Waals surface area contributed by atoms with E-state index in [4.69, 9.17) is 0 Å². The zero-order valence-corrected chi connectivity index (χ0v) is 20.6. The monoisotopic (exact) mass is 468 g/mol. The standard InChI is InChI=1S/C31H36N2O2/c1-24(31(35)32-28-20-12-5-13-21-28)33(23-25-14-6-2-7-15-25)30(34)22-29(26-16-8-3-9-17-26)27-18-10-4-11-19-27/h2-4,6-11,14-19,24,28-29H,5,12-13,20-23H2,1H3,(H,32,35). The van der Waals surface area contributed by atoms with Crippen molar-refractivity contribution in [2.75, 3.05) is 0 Å². The van der Waals surface area contributed by atoms with Crippen LogP contribution in [0.1, 0.15) is 68.1 Å². The number of nitrogens with one attached hydrogen (secondary N) is 1. The van der Waals surface area contributed by atoms with E-state index < -0.39 is 6.04 Å². The number of nitrogens with zero attached hydrogens (tertiary/aromatic N) is 1. The molecule has 4 nitrogen and oxygen atoms in total. The molecule has 0 saturated heterocycles. The topological polar surface area (TPSA) is 49.4 Å². The van der Waals surface area contributed by atoms with Gasteiger partial charge in [-0.2, -0.15) is 0 Å². The largest absolute Gasteiger partial charge is 0.352 e. The Hall–Kier alpha value is -3.40. The fourth-order valence-corrected chi connectivity index (χ4v) is 5.02. The van der Waals surface area contributed by atoms with Crippen LogP contribution in [0, 0.1) is 0 Å². The molecule has 35 heavy (non-hydrogen) atoms. The van der Waals surface area contributed by atoms with Gasteiger partial charge in [0, 0.05) is 24.9 Å². The van der Waals surface area contributed by atoms with E-state index in [1.165, 1.54) is 6.42 Å². The molecule has 0 aromatic heterocycles. The number of hydrogen-bond acceptors (Lipinski definition) is 2. The third kappa shape index (κ3) is 6.82. The minimum Gasteiger partial charge on any atom is -0.352 e. The summed E-state index contributed by atoms with van der Waals surface area (Å²) in [6, 6.07) is 29.9. The number of rotatable bonds is 9. The zero-order chi connectivity index (χ0) is 24.5. The smallest absolute Gasteiger partial charge is 0.242 e. The highest BCUT2D eigenvalue weighted by molar-refractivity contribution is 5.88. The fraction of sp³-hybridized carbons (Fsp3) is 0.355. The predicted molar refractivity (Wildman–Crippen MR) is 141 cm³/mol. The van der Waals surface area contributed by atoms with Gasteiger partial charge >= 0.3 is 0 Å². The third-order valence-corrected chi connectivity index (χ3v) is 7.10. The number of carbonyl (C=O) groups excluding carboxylic acids is 2. The second kappa shape index (κ2) is 12.3. The Morgan fingerprint density at radius 2 is 1.31 bits per heavy atom. The molecule has 1 atom stereocenters. The molecule has 1 aliphatic rings. The van der Waals surface area contributed by atoms with Crippen LogP contribution in [0.2, 0.25) is 0 Å². The Morgan fingerprint density at radius 1 is 0.800 bits per heavy atom. The van der Waals surface area contributed by atoms with Gasteiger partial charge in [0.25, 0.3) is 0 Å². The van der Waals surface area contributed by atoms with Crippen molar-refractivity contribution in [3.8, 4) is 0 Å². The van der Waals surface area contributed by atoms with Gasteiger partial charge in [0.1, 0.15) is 6.04 Å². The van der Waals surface area contributed by atoms with Crippen LogP contribution in [-0.4, -0.2) is 28.8 Å². The van der Waals surface area contributed by atoms with Crippen molar-refractivity contribution in [2.24, 2.45) is 0 Å². The Labute approximate surface area is 209 Å². The molecule has 1 saturated carbocycles. The highest BCUT2D eigenvalue weighted by atomic mass is 16.2. The summed E-state index contributed by atoms with van der Waals surface area (Å²) in [6.07, 6.45) is 5.90. The van der Waals surface area contributed by atoms with E-state index in [1.54, 1.807) is 4.90 Å².